The number of pyridine rings is 1. The molecular weight excluding hydrogens is 601 g/mol. The molecule has 0 bridgehead atoms. The van der Waals surface area contributed by atoms with Gasteiger partial charge in [0, 0.05) is 41.3 Å². The first kappa shape index (κ1) is 31.1. The quantitative estimate of drug-likeness (QED) is 0.171. The third-order valence-electron chi connectivity index (χ3n) is 6.80. The first-order valence-corrected chi connectivity index (χ1v) is 14.7. The fourth-order valence-electron chi connectivity index (χ4n) is 4.59. The third kappa shape index (κ3) is 7.78. The molecule has 1 aliphatic heterocycles. The van der Waals surface area contributed by atoms with E-state index in [1.54, 1.807) is 36.4 Å². The minimum absolute atomic E-state index is 0.147. The summed E-state index contributed by atoms with van der Waals surface area (Å²) in [5, 5.41) is 17.9. The second-order valence-corrected chi connectivity index (χ2v) is 11.3. The number of nitrogens with one attached hydrogen (secondary N) is 2. The average molecular weight is 633 g/mol. The summed E-state index contributed by atoms with van der Waals surface area (Å²) in [4.78, 5) is 19.4. The predicted octanol–water partition coefficient (Wildman–Crippen LogP) is 6.96. The van der Waals surface area contributed by atoms with Gasteiger partial charge in [0.05, 0.1) is 35.0 Å². The number of carbonyl (C=O) groups is 1. The van der Waals surface area contributed by atoms with E-state index >= 15 is 0 Å². The summed E-state index contributed by atoms with van der Waals surface area (Å²) < 4.78 is 17.6. The minimum atomic E-state index is -0.325. The van der Waals surface area contributed by atoms with Crippen molar-refractivity contribution in [3.63, 3.8) is 0 Å². The number of nitriles is 1. The number of rotatable bonds is 11. The van der Waals surface area contributed by atoms with E-state index in [4.69, 9.17) is 37.4 Å². The van der Waals surface area contributed by atoms with Gasteiger partial charge in [-0.3, -0.25) is 9.78 Å². The largest absolute Gasteiger partial charge is 0.487 e. The van der Waals surface area contributed by atoms with Crippen LogP contribution in [0.4, 0.5) is 17.1 Å². The Morgan fingerprint density at radius 1 is 1.14 bits per heavy atom. The summed E-state index contributed by atoms with van der Waals surface area (Å²) in [7, 11) is 3.84. The Labute approximate surface area is 265 Å². The topological polar surface area (TPSA) is 109 Å². The molecule has 2 N–H and O–H groups in total. The first-order valence-electron chi connectivity index (χ1n) is 14.0. The molecule has 1 atom stereocenters. The van der Waals surface area contributed by atoms with Crippen molar-refractivity contribution < 1.29 is 19.0 Å². The van der Waals surface area contributed by atoms with Crippen molar-refractivity contribution in [3.05, 3.63) is 94.1 Å². The number of amides is 1. The lowest BCUT2D eigenvalue weighted by atomic mass is 10.1. The Balaban J connectivity index is 1.45. The zero-order valence-electron chi connectivity index (χ0n) is 24.3. The molecule has 3 aromatic carbocycles. The average Bonchev–Trinajstić information content (AvgIpc) is 3.52. The summed E-state index contributed by atoms with van der Waals surface area (Å²) >= 11 is 12.5. The van der Waals surface area contributed by atoms with E-state index in [-0.39, 0.29) is 12.0 Å². The molecule has 1 saturated heterocycles. The highest BCUT2D eigenvalue weighted by Crippen LogP contribution is 2.39. The van der Waals surface area contributed by atoms with Gasteiger partial charge in [-0.05, 0) is 62.1 Å². The number of hydrogen-bond acceptors (Lipinski definition) is 8. The van der Waals surface area contributed by atoms with Crippen LogP contribution in [0, 0.1) is 11.3 Å². The van der Waals surface area contributed by atoms with Crippen molar-refractivity contribution in [2.75, 3.05) is 44.5 Å². The van der Waals surface area contributed by atoms with Crippen LogP contribution in [0.2, 0.25) is 10.0 Å². The Kier molecular flexibility index (Phi) is 10.2. The number of carbonyl (C=O) groups excluding carboxylic acids is 1. The highest BCUT2D eigenvalue weighted by molar-refractivity contribution is 6.32. The van der Waals surface area contributed by atoms with Gasteiger partial charge in [0.1, 0.15) is 36.0 Å². The van der Waals surface area contributed by atoms with Crippen molar-refractivity contribution in [2.45, 2.75) is 19.1 Å². The lowest BCUT2D eigenvalue weighted by Gasteiger charge is -2.19. The van der Waals surface area contributed by atoms with Crippen molar-refractivity contribution in [1.29, 1.82) is 5.26 Å². The standard InChI is InChI=1S/C33H31Cl2N5O4/c1-40(2)14-3-4-30(41)39-33-29(44-25-13-15-42-20-25)12-10-26-31(22(17-36)18-37-32(26)33)38-24-9-11-28(27(35)16-24)43-19-21-5-7-23(34)8-6-21/h3-12,16,18,25H,13-15,19-20H2,1-2H3,(H,37,38)(H,39,41)/b4-3+/t25-/m0/s1. The molecule has 0 spiro atoms. The highest BCUT2D eigenvalue weighted by Gasteiger charge is 2.22. The lowest BCUT2D eigenvalue weighted by Crippen LogP contribution is -2.18. The molecule has 11 heteroatoms. The fourth-order valence-corrected chi connectivity index (χ4v) is 4.95. The van der Waals surface area contributed by atoms with Gasteiger partial charge in [0.25, 0.3) is 0 Å². The second-order valence-electron chi connectivity index (χ2n) is 10.4. The molecule has 1 fully saturated rings. The van der Waals surface area contributed by atoms with Crippen LogP contribution in [0.3, 0.4) is 0 Å². The van der Waals surface area contributed by atoms with E-state index in [9.17, 15) is 10.1 Å². The molecule has 9 nitrogen and oxygen atoms in total. The predicted molar refractivity (Wildman–Crippen MR) is 173 cm³/mol. The molecule has 0 aliphatic carbocycles. The molecule has 1 aliphatic rings. The molecule has 0 saturated carbocycles. The van der Waals surface area contributed by atoms with Crippen molar-refractivity contribution in [1.82, 2.24) is 9.88 Å². The minimum Gasteiger partial charge on any atom is -0.487 e. The van der Waals surface area contributed by atoms with Gasteiger partial charge in [0.2, 0.25) is 5.91 Å². The maximum atomic E-state index is 12.9. The zero-order chi connectivity index (χ0) is 31.1. The molecule has 4 aromatic rings. The van der Waals surface area contributed by atoms with E-state index in [0.29, 0.717) is 81.4 Å². The number of halogens is 2. The zero-order valence-corrected chi connectivity index (χ0v) is 25.8. The van der Waals surface area contributed by atoms with Crippen LogP contribution >= 0.6 is 23.2 Å². The molecule has 0 unspecified atom stereocenters. The Hall–Kier alpha value is -4.33. The molecule has 1 aromatic heterocycles. The van der Waals surface area contributed by atoms with Gasteiger partial charge in [0.15, 0.2) is 0 Å². The Bertz CT molecular complexity index is 1710. The van der Waals surface area contributed by atoms with E-state index < -0.39 is 0 Å². The van der Waals surface area contributed by atoms with Gasteiger partial charge >= 0.3 is 0 Å². The number of aromatic nitrogens is 1. The summed E-state index contributed by atoms with van der Waals surface area (Å²) in [5.74, 6) is 0.654. The normalized spacial score (nSPS) is 14.6. The van der Waals surface area contributed by atoms with Crippen LogP contribution in [0.5, 0.6) is 11.5 Å². The van der Waals surface area contributed by atoms with Crippen LogP contribution in [-0.4, -0.2) is 55.7 Å². The number of nitrogens with zero attached hydrogens (tertiary/aromatic N) is 3. The van der Waals surface area contributed by atoms with Crippen LogP contribution in [0.25, 0.3) is 10.9 Å². The summed E-state index contributed by atoms with van der Waals surface area (Å²) in [6.45, 7) is 2.01. The molecule has 5 rings (SSSR count). The number of benzene rings is 3. The molecular formula is C33H31Cl2N5O4. The van der Waals surface area contributed by atoms with Crippen molar-refractivity contribution >= 4 is 57.1 Å². The van der Waals surface area contributed by atoms with Crippen LogP contribution in [0.1, 0.15) is 17.5 Å². The monoisotopic (exact) mass is 631 g/mol. The lowest BCUT2D eigenvalue weighted by molar-refractivity contribution is -0.111. The fraction of sp³-hybridized carbons (Fsp3) is 0.242. The Morgan fingerprint density at radius 3 is 2.64 bits per heavy atom. The molecule has 0 radical (unpaired) electrons. The number of anilines is 3. The molecule has 1 amide bonds. The van der Waals surface area contributed by atoms with Crippen LogP contribution in [0.15, 0.2) is 72.9 Å². The van der Waals surface area contributed by atoms with Crippen LogP contribution < -0.4 is 20.1 Å². The summed E-state index contributed by atoms with van der Waals surface area (Å²) in [5.41, 5.74) is 3.29. The number of fused-ring (bicyclic) bond motifs is 1. The van der Waals surface area contributed by atoms with Crippen molar-refractivity contribution in [2.24, 2.45) is 0 Å². The van der Waals surface area contributed by atoms with Gasteiger partial charge in [-0.15, -0.1) is 0 Å². The number of hydrogen-bond donors (Lipinski definition) is 2. The molecule has 2 heterocycles. The van der Waals surface area contributed by atoms with E-state index in [1.165, 1.54) is 12.3 Å². The van der Waals surface area contributed by atoms with E-state index in [0.717, 1.165) is 12.0 Å². The van der Waals surface area contributed by atoms with Crippen LogP contribution in [-0.2, 0) is 16.1 Å². The van der Waals surface area contributed by atoms with Gasteiger partial charge in [-0.25, -0.2) is 0 Å². The summed E-state index contributed by atoms with van der Waals surface area (Å²) in [6, 6.07) is 18.5. The third-order valence-corrected chi connectivity index (χ3v) is 7.35. The maximum absolute atomic E-state index is 12.9. The van der Waals surface area contributed by atoms with E-state index in [2.05, 4.69) is 21.7 Å². The number of likely N-dealkylation sites (N-methyl/N-ethyl adjacent to an activating group) is 1. The SMILES string of the molecule is CN(C)C/C=C/C(=O)Nc1c(O[C@H]2CCOC2)ccc2c(Nc3ccc(OCc4ccc(Cl)cc4)c(Cl)c3)c(C#N)cnc12. The van der Waals surface area contributed by atoms with Crippen molar-refractivity contribution in [3.8, 4) is 17.6 Å². The van der Waals surface area contributed by atoms with Gasteiger partial charge < -0.3 is 29.7 Å². The Morgan fingerprint density at radius 2 is 1.93 bits per heavy atom. The molecule has 44 heavy (non-hydrogen) atoms. The van der Waals surface area contributed by atoms with Gasteiger partial charge in [-0.1, -0.05) is 41.4 Å². The summed E-state index contributed by atoms with van der Waals surface area (Å²) in [6.07, 6.45) is 5.30. The molecule has 226 valence electrons. The second kappa shape index (κ2) is 14.4. The first-order chi connectivity index (χ1) is 21.3. The number of ether oxygens (including phenoxy) is 3. The van der Waals surface area contributed by atoms with Gasteiger partial charge in [-0.2, -0.15) is 5.26 Å². The van der Waals surface area contributed by atoms with E-state index in [1.807, 2.05) is 43.3 Å². The highest BCUT2D eigenvalue weighted by atomic mass is 35.5. The maximum Gasteiger partial charge on any atom is 0.248 e. The smallest absolute Gasteiger partial charge is 0.248 e.